The number of hydrogen-bond acceptors (Lipinski definition) is 3. The highest BCUT2D eigenvalue weighted by molar-refractivity contribution is 5.97. The van der Waals surface area contributed by atoms with Gasteiger partial charge in [-0.3, -0.25) is 4.79 Å². The molecule has 0 aliphatic rings. The molecule has 0 radical (unpaired) electrons. The molecule has 6 heteroatoms. The molecule has 1 aromatic carbocycles. The van der Waals surface area contributed by atoms with Crippen LogP contribution < -0.4 is 43.3 Å². The van der Waals surface area contributed by atoms with E-state index in [4.69, 9.17) is 9.47 Å². The van der Waals surface area contributed by atoms with Gasteiger partial charge in [-0.2, -0.15) is 0 Å². The number of nitrogens with one attached hydrogen (secondary N) is 1. The molecule has 39 heavy (non-hydrogen) atoms. The summed E-state index contributed by atoms with van der Waals surface area (Å²) >= 11 is 0. The smallest absolute Gasteiger partial charge is 0.255 e. The number of aromatic nitrogens is 1. The maximum Gasteiger partial charge on any atom is 0.255 e. The van der Waals surface area contributed by atoms with Crippen molar-refractivity contribution in [2.24, 2.45) is 0 Å². The van der Waals surface area contributed by atoms with Crippen LogP contribution in [0.5, 0.6) is 11.5 Å². The first kappa shape index (κ1) is 35.2. The van der Waals surface area contributed by atoms with Crippen molar-refractivity contribution in [3.63, 3.8) is 0 Å². The van der Waals surface area contributed by atoms with Gasteiger partial charge in [0.15, 0.2) is 12.4 Å². The average molecular weight is 653 g/mol. The number of nitrogens with zero attached hydrogens (tertiary/aromatic N) is 1. The summed E-state index contributed by atoms with van der Waals surface area (Å²) in [4.78, 5) is 12.8. The zero-order chi connectivity index (χ0) is 27.3. The molecule has 2 rings (SSSR count). The van der Waals surface area contributed by atoms with Crippen molar-refractivity contribution in [3.05, 3.63) is 53.9 Å². The van der Waals surface area contributed by atoms with Crippen LogP contribution in [0.3, 0.4) is 0 Å². The fraction of sp³-hybridized carbons (Fsp3) is 0.636. The normalized spacial score (nSPS) is 10.6. The van der Waals surface area contributed by atoms with Crippen molar-refractivity contribution in [3.8, 4) is 11.5 Å². The maximum atomic E-state index is 12.8. The average Bonchev–Trinajstić information content (AvgIpc) is 2.94. The summed E-state index contributed by atoms with van der Waals surface area (Å²) in [6, 6.07) is 9.51. The number of carbonyl (C=O) groups excluding carboxylic acids is 1. The topological polar surface area (TPSA) is 51.4 Å². The molecule has 0 saturated carbocycles. The van der Waals surface area contributed by atoms with Gasteiger partial charge in [-0.15, -0.1) is 0 Å². The summed E-state index contributed by atoms with van der Waals surface area (Å²) in [6.45, 7) is 6.57. The number of aryl methyl sites for hydroxylation is 1. The van der Waals surface area contributed by atoms with Gasteiger partial charge in [0.2, 0.25) is 0 Å². The second-order valence-electron chi connectivity index (χ2n) is 10.4. The third-order valence-corrected chi connectivity index (χ3v) is 7.04. The van der Waals surface area contributed by atoms with E-state index in [2.05, 4.69) is 36.1 Å². The van der Waals surface area contributed by atoms with Crippen LogP contribution in [0.15, 0.2) is 42.7 Å². The van der Waals surface area contributed by atoms with Gasteiger partial charge < -0.3 is 38.8 Å². The Balaban J connectivity index is 0.00000760. The molecule has 0 aliphatic heterocycles. The van der Waals surface area contributed by atoms with Crippen LogP contribution in [0.25, 0.3) is 0 Å². The van der Waals surface area contributed by atoms with E-state index in [0.29, 0.717) is 24.5 Å². The van der Waals surface area contributed by atoms with Crippen LogP contribution in [0, 0.1) is 0 Å². The Hall–Kier alpha value is -1.83. The molecule has 1 N–H and O–H groups in total. The third kappa shape index (κ3) is 15.5. The summed E-state index contributed by atoms with van der Waals surface area (Å²) in [5, 5.41) is 3.01. The van der Waals surface area contributed by atoms with Crippen molar-refractivity contribution in [1.82, 2.24) is 5.32 Å². The summed E-state index contributed by atoms with van der Waals surface area (Å²) in [5.74, 6) is 1.14. The molecule has 0 spiro atoms. The Kier molecular flexibility index (Phi) is 20.7. The van der Waals surface area contributed by atoms with E-state index in [0.717, 1.165) is 30.7 Å². The molecule has 5 nitrogen and oxygen atoms in total. The summed E-state index contributed by atoms with van der Waals surface area (Å²) in [6.07, 6.45) is 24.1. The Morgan fingerprint density at radius 3 is 2.03 bits per heavy atom. The highest BCUT2D eigenvalue weighted by Gasteiger charge is 2.14. The standard InChI is InChI=1S/C33H52N2O3.HI/c1-4-6-7-8-9-10-11-12-13-14-15-16-17-18-25-38-30-21-22-31(32(26-30)37-3)33(36)34-27-29-20-19-24-35(28-29)23-5-2;/h19-22,24,26,28H,4-18,23,25,27H2,1-3H3;1H. The molecule has 220 valence electrons. The van der Waals surface area contributed by atoms with E-state index < -0.39 is 0 Å². The fourth-order valence-electron chi connectivity index (χ4n) is 4.79. The highest BCUT2D eigenvalue weighted by Crippen LogP contribution is 2.25. The first-order chi connectivity index (χ1) is 18.7. The lowest BCUT2D eigenvalue weighted by molar-refractivity contribution is -0.697. The van der Waals surface area contributed by atoms with E-state index in [1.807, 2.05) is 24.3 Å². The number of unbranched alkanes of at least 4 members (excludes halogenated alkanes) is 13. The van der Waals surface area contributed by atoms with Crippen LogP contribution in [0.1, 0.15) is 126 Å². The van der Waals surface area contributed by atoms with Crippen molar-refractivity contribution in [2.75, 3.05) is 13.7 Å². The number of halogens is 1. The number of ether oxygens (including phenoxy) is 2. The van der Waals surface area contributed by atoms with Gasteiger partial charge in [0.1, 0.15) is 18.0 Å². The lowest BCUT2D eigenvalue weighted by Crippen LogP contribution is -3.00. The lowest BCUT2D eigenvalue weighted by Gasteiger charge is -2.12. The van der Waals surface area contributed by atoms with E-state index in [1.165, 1.54) is 83.5 Å². The van der Waals surface area contributed by atoms with E-state index >= 15 is 0 Å². The SMILES string of the molecule is CCCCCCCCCCCCCCCCOc1ccc(C(=O)NCc2ccc[n+](CCC)c2)c(OC)c1.[I-]. The first-order valence-corrected chi connectivity index (χ1v) is 15.2. The highest BCUT2D eigenvalue weighted by atomic mass is 127. The van der Waals surface area contributed by atoms with Gasteiger partial charge in [0, 0.05) is 30.7 Å². The largest absolute Gasteiger partial charge is 1.00 e. The molecule has 1 aromatic heterocycles. The van der Waals surface area contributed by atoms with Crippen LogP contribution in [0.4, 0.5) is 0 Å². The number of pyridine rings is 1. The van der Waals surface area contributed by atoms with E-state index in [9.17, 15) is 4.79 Å². The minimum Gasteiger partial charge on any atom is -1.00 e. The number of amides is 1. The van der Waals surface area contributed by atoms with Gasteiger partial charge in [-0.05, 0) is 24.6 Å². The summed E-state index contributed by atoms with van der Waals surface area (Å²) in [7, 11) is 1.59. The fourth-order valence-corrected chi connectivity index (χ4v) is 4.79. The van der Waals surface area contributed by atoms with Crippen molar-refractivity contribution in [2.45, 2.75) is 123 Å². The Morgan fingerprint density at radius 1 is 0.821 bits per heavy atom. The summed E-state index contributed by atoms with van der Waals surface area (Å²) in [5.41, 5.74) is 1.59. The second-order valence-corrected chi connectivity index (χ2v) is 10.4. The Bertz CT molecular complexity index is 906. The number of methoxy groups -OCH3 is 1. The van der Waals surface area contributed by atoms with Crippen LogP contribution >= 0.6 is 0 Å². The summed E-state index contributed by atoms with van der Waals surface area (Å²) < 4.78 is 13.6. The molecule has 1 heterocycles. The van der Waals surface area contributed by atoms with Gasteiger partial charge >= 0.3 is 0 Å². The maximum absolute atomic E-state index is 12.8. The van der Waals surface area contributed by atoms with Crippen LogP contribution in [0.2, 0.25) is 0 Å². The van der Waals surface area contributed by atoms with Crippen LogP contribution in [-0.2, 0) is 13.1 Å². The minimum atomic E-state index is -0.147. The third-order valence-electron chi connectivity index (χ3n) is 7.04. The number of rotatable bonds is 22. The molecule has 0 saturated heterocycles. The quantitative estimate of drug-likeness (QED) is 0.108. The zero-order valence-electron chi connectivity index (χ0n) is 24.8. The molecular formula is C33H53IN2O3. The zero-order valence-corrected chi connectivity index (χ0v) is 27.0. The van der Waals surface area contributed by atoms with E-state index in [1.54, 1.807) is 13.2 Å². The monoisotopic (exact) mass is 652 g/mol. The van der Waals surface area contributed by atoms with Crippen molar-refractivity contribution < 1.29 is 42.8 Å². The molecule has 1 amide bonds. The lowest BCUT2D eigenvalue weighted by atomic mass is 10.0. The molecule has 0 aliphatic carbocycles. The molecule has 2 aromatic rings. The Labute approximate surface area is 255 Å². The number of carbonyl (C=O) groups is 1. The number of benzene rings is 1. The van der Waals surface area contributed by atoms with E-state index in [-0.39, 0.29) is 29.9 Å². The molecule has 0 bridgehead atoms. The van der Waals surface area contributed by atoms with Gasteiger partial charge in [0.05, 0.1) is 19.3 Å². The van der Waals surface area contributed by atoms with Gasteiger partial charge in [0.25, 0.3) is 5.91 Å². The molecule has 0 atom stereocenters. The van der Waals surface area contributed by atoms with Gasteiger partial charge in [-0.25, -0.2) is 4.57 Å². The molecule has 0 unspecified atom stereocenters. The second kappa shape index (κ2) is 22.9. The minimum absolute atomic E-state index is 0. The van der Waals surface area contributed by atoms with Crippen LogP contribution in [-0.4, -0.2) is 19.6 Å². The van der Waals surface area contributed by atoms with Gasteiger partial charge in [-0.1, -0.05) is 97.3 Å². The van der Waals surface area contributed by atoms with Crippen molar-refractivity contribution >= 4 is 5.91 Å². The van der Waals surface area contributed by atoms with Crippen molar-refractivity contribution in [1.29, 1.82) is 0 Å². The predicted octanol–water partition coefficient (Wildman–Crippen LogP) is 5.19. The Morgan fingerprint density at radius 2 is 1.44 bits per heavy atom. The molecular weight excluding hydrogens is 599 g/mol. The first-order valence-electron chi connectivity index (χ1n) is 15.2. The number of hydrogen-bond donors (Lipinski definition) is 1. The molecule has 0 fully saturated rings. The predicted molar refractivity (Wildman–Crippen MR) is 157 cm³/mol.